The quantitative estimate of drug-likeness (QED) is 0.853. The first-order valence-corrected chi connectivity index (χ1v) is 8.74. The van der Waals surface area contributed by atoms with Gasteiger partial charge >= 0.3 is 0 Å². The van der Waals surface area contributed by atoms with Gasteiger partial charge in [0, 0.05) is 13.2 Å². The molecule has 2 aromatic carbocycles. The van der Waals surface area contributed by atoms with E-state index in [-0.39, 0.29) is 17.5 Å². The lowest BCUT2D eigenvalue weighted by Gasteiger charge is -2.18. The first kappa shape index (κ1) is 16.7. The molecular weight excluding hydrogens is 298 g/mol. The summed E-state index contributed by atoms with van der Waals surface area (Å²) in [6.07, 6.45) is -0.300. The zero-order valence-corrected chi connectivity index (χ0v) is 13.6. The number of hydrogen-bond acceptors (Lipinski definition) is 3. The van der Waals surface area contributed by atoms with E-state index in [1.807, 2.05) is 44.2 Å². The third-order valence-corrected chi connectivity index (χ3v) is 4.77. The minimum Gasteiger partial charge on any atom is -0.372 e. The number of hydrogen-bond donors (Lipinski definition) is 1. The maximum absolute atomic E-state index is 12.3. The molecule has 1 atom stereocenters. The second-order valence-electron chi connectivity index (χ2n) is 5.02. The molecule has 22 heavy (non-hydrogen) atoms. The van der Waals surface area contributed by atoms with Crippen LogP contribution in [-0.4, -0.2) is 21.6 Å². The minimum atomic E-state index is -3.53. The maximum Gasteiger partial charge on any atom is 0.240 e. The second kappa shape index (κ2) is 7.54. The van der Waals surface area contributed by atoms with Gasteiger partial charge in [-0.25, -0.2) is 13.1 Å². The molecule has 0 heterocycles. The average molecular weight is 319 g/mol. The fourth-order valence-corrected chi connectivity index (χ4v) is 3.16. The molecule has 0 aliphatic heterocycles. The van der Waals surface area contributed by atoms with Crippen LogP contribution >= 0.6 is 0 Å². The largest absolute Gasteiger partial charge is 0.372 e. The Labute approximate surface area is 132 Å². The van der Waals surface area contributed by atoms with Gasteiger partial charge in [-0.1, -0.05) is 48.0 Å². The Balaban J connectivity index is 2.10. The Morgan fingerprint density at radius 2 is 1.68 bits per heavy atom. The van der Waals surface area contributed by atoms with Gasteiger partial charge in [0.1, 0.15) is 0 Å². The van der Waals surface area contributed by atoms with Crippen molar-refractivity contribution < 1.29 is 13.2 Å². The Morgan fingerprint density at radius 1 is 1.05 bits per heavy atom. The van der Waals surface area contributed by atoms with E-state index in [2.05, 4.69) is 4.72 Å². The van der Waals surface area contributed by atoms with E-state index < -0.39 is 10.0 Å². The smallest absolute Gasteiger partial charge is 0.240 e. The van der Waals surface area contributed by atoms with Crippen molar-refractivity contribution in [1.29, 1.82) is 0 Å². The van der Waals surface area contributed by atoms with Crippen molar-refractivity contribution in [3.05, 3.63) is 65.7 Å². The summed E-state index contributed by atoms with van der Waals surface area (Å²) >= 11 is 0. The molecule has 118 valence electrons. The van der Waals surface area contributed by atoms with Crippen LogP contribution < -0.4 is 4.72 Å². The number of benzene rings is 2. The fraction of sp³-hybridized carbons (Fsp3) is 0.294. The van der Waals surface area contributed by atoms with Gasteiger partial charge in [0.2, 0.25) is 10.0 Å². The van der Waals surface area contributed by atoms with Crippen LogP contribution in [0.5, 0.6) is 0 Å². The molecule has 2 aromatic rings. The van der Waals surface area contributed by atoms with Crippen molar-refractivity contribution in [2.75, 3.05) is 13.2 Å². The van der Waals surface area contributed by atoms with Crippen LogP contribution in [0.4, 0.5) is 0 Å². The molecule has 1 N–H and O–H groups in total. The lowest BCUT2D eigenvalue weighted by atomic mass is 10.1. The average Bonchev–Trinajstić information content (AvgIpc) is 2.53. The van der Waals surface area contributed by atoms with Crippen molar-refractivity contribution in [2.24, 2.45) is 0 Å². The summed E-state index contributed by atoms with van der Waals surface area (Å²) in [5, 5.41) is 0. The Hall–Kier alpha value is -1.69. The van der Waals surface area contributed by atoms with Crippen LogP contribution in [-0.2, 0) is 14.8 Å². The molecule has 2 rings (SSSR count). The minimum absolute atomic E-state index is 0.202. The number of sulfonamides is 1. The Kier molecular flexibility index (Phi) is 5.71. The standard InChI is InChI=1S/C17H21NO3S/c1-3-21-17(15-7-5-4-6-8-15)13-18-22(19,20)16-11-9-14(2)10-12-16/h4-12,17-18H,3,13H2,1-2H3. The van der Waals surface area contributed by atoms with Crippen LogP contribution in [0.3, 0.4) is 0 Å². The van der Waals surface area contributed by atoms with Gasteiger partial charge in [-0.3, -0.25) is 0 Å². The molecule has 0 spiro atoms. The van der Waals surface area contributed by atoms with E-state index in [0.29, 0.717) is 6.61 Å². The Morgan fingerprint density at radius 3 is 2.27 bits per heavy atom. The van der Waals surface area contributed by atoms with Crippen molar-refractivity contribution >= 4 is 10.0 Å². The van der Waals surface area contributed by atoms with E-state index in [4.69, 9.17) is 4.74 Å². The molecular formula is C17H21NO3S. The number of nitrogens with one attached hydrogen (secondary N) is 1. The van der Waals surface area contributed by atoms with Gasteiger partial charge in [0.15, 0.2) is 0 Å². The molecule has 5 heteroatoms. The molecule has 0 aromatic heterocycles. The second-order valence-corrected chi connectivity index (χ2v) is 6.79. The van der Waals surface area contributed by atoms with Crippen LogP contribution in [0.15, 0.2) is 59.5 Å². The number of aryl methyl sites for hydroxylation is 1. The van der Waals surface area contributed by atoms with Crippen LogP contribution in [0, 0.1) is 6.92 Å². The summed E-state index contributed by atoms with van der Waals surface area (Å²) in [6, 6.07) is 16.4. The summed E-state index contributed by atoms with van der Waals surface area (Å²) < 4.78 is 32.9. The van der Waals surface area contributed by atoms with Gasteiger partial charge in [-0.15, -0.1) is 0 Å². The SMILES string of the molecule is CCOC(CNS(=O)(=O)c1ccc(C)cc1)c1ccccc1. The highest BCUT2D eigenvalue weighted by Gasteiger charge is 2.18. The first-order chi connectivity index (χ1) is 10.5. The van der Waals surface area contributed by atoms with E-state index in [9.17, 15) is 8.42 Å². The molecule has 0 aliphatic carbocycles. The lowest BCUT2D eigenvalue weighted by molar-refractivity contribution is 0.0662. The van der Waals surface area contributed by atoms with Gasteiger partial charge in [-0.05, 0) is 31.5 Å². The first-order valence-electron chi connectivity index (χ1n) is 7.26. The van der Waals surface area contributed by atoms with E-state index in [1.165, 1.54) is 0 Å². The summed E-state index contributed by atoms with van der Waals surface area (Å²) in [6.45, 7) is 4.54. The highest BCUT2D eigenvalue weighted by atomic mass is 32.2. The van der Waals surface area contributed by atoms with E-state index in [1.54, 1.807) is 24.3 Å². The summed E-state index contributed by atoms with van der Waals surface area (Å²) in [7, 11) is -3.53. The van der Waals surface area contributed by atoms with Gasteiger partial charge in [0.05, 0.1) is 11.0 Å². The summed E-state index contributed by atoms with van der Waals surface area (Å²) in [5.74, 6) is 0. The van der Waals surface area contributed by atoms with Crippen LogP contribution in [0.2, 0.25) is 0 Å². The van der Waals surface area contributed by atoms with Crippen LogP contribution in [0.25, 0.3) is 0 Å². The van der Waals surface area contributed by atoms with Gasteiger partial charge < -0.3 is 4.74 Å². The van der Waals surface area contributed by atoms with Crippen molar-refractivity contribution in [3.8, 4) is 0 Å². The normalized spacial score (nSPS) is 13.0. The predicted octanol–water partition coefficient (Wildman–Crippen LogP) is 3.05. The molecule has 0 aliphatic rings. The number of ether oxygens (including phenoxy) is 1. The van der Waals surface area contributed by atoms with E-state index in [0.717, 1.165) is 11.1 Å². The summed E-state index contributed by atoms with van der Waals surface area (Å²) in [4.78, 5) is 0.265. The summed E-state index contributed by atoms with van der Waals surface area (Å²) in [5.41, 5.74) is 1.98. The number of rotatable bonds is 7. The molecule has 0 amide bonds. The zero-order valence-electron chi connectivity index (χ0n) is 12.8. The Bertz CT molecular complexity index is 682. The van der Waals surface area contributed by atoms with Crippen molar-refractivity contribution in [3.63, 3.8) is 0 Å². The maximum atomic E-state index is 12.3. The fourth-order valence-electron chi connectivity index (χ4n) is 2.13. The topological polar surface area (TPSA) is 55.4 Å². The molecule has 0 fully saturated rings. The molecule has 0 bridgehead atoms. The molecule has 1 unspecified atom stereocenters. The highest BCUT2D eigenvalue weighted by molar-refractivity contribution is 7.89. The van der Waals surface area contributed by atoms with Crippen molar-refractivity contribution in [1.82, 2.24) is 4.72 Å². The molecule has 0 radical (unpaired) electrons. The molecule has 4 nitrogen and oxygen atoms in total. The third kappa shape index (κ3) is 4.40. The van der Waals surface area contributed by atoms with Crippen molar-refractivity contribution in [2.45, 2.75) is 24.8 Å². The monoisotopic (exact) mass is 319 g/mol. The van der Waals surface area contributed by atoms with Gasteiger partial charge in [0.25, 0.3) is 0 Å². The van der Waals surface area contributed by atoms with Crippen LogP contribution in [0.1, 0.15) is 24.2 Å². The zero-order chi connectivity index (χ0) is 16.0. The third-order valence-electron chi connectivity index (χ3n) is 3.33. The lowest BCUT2D eigenvalue weighted by Crippen LogP contribution is -2.29. The van der Waals surface area contributed by atoms with Gasteiger partial charge in [-0.2, -0.15) is 0 Å². The molecule has 0 saturated carbocycles. The highest BCUT2D eigenvalue weighted by Crippen LogP contribution is 2.17. The molecule has 0 saturated heterocycles. The van der Waals surface area contributed by atoms with E-state index >= 15 is 0 Å². The predicted molar refractivity (Wildman–Crippen MR) is 87.2 cm³/mol.